The summed E-state index contributed by atoms with van der Waals surface area (Å²) >= 11 is 0. The van der Waals surface area contributed by atoms with Crippen molar-refractivity contribution in [3.05, 3.63) is 77.8 Å². The lowest BCUT2D eigenvalue weighted by molar-refractivity contribution is 0.101. The predicted molar refractivity (Wildman–Crippen MR) is 98.7 cm³/mol. The number of nitrogens with zero attached hydrogens (tertiary/aromatic N) is 3. The van der Waals surface area contributed by atoms with Crippen LogP contribution in [0.3, 0.4) is 0 Å². The van der Waals surface area contributed by atoms with Crippen molar-refractivity contribution in [1.82, 2.24) is 14.5 Å². The molecule has 0 unspecified atom stereocenters. The fourth-order valence-electron chi connectivity index (χ4n) is 2.69. The predicted octanol–water partition coefficient (Wildman–Crippen LogP) is 3.27. The van der Waals surface area contributed by atoms with Crippen LogP contribution in [0.5, 0.6) is 0 Å². The molecule has 140 valence electrons. The molecular formula is C19H14FN5O3. The zero-order valence-electron chi connectivity index (χ0n) is 14.6. The summed E-state index contributed by atoms with van der Waals surface area (Å²) in [6.07, 6.45) is 1.62. The van der Waals surface area contributed by atoms with E-state index < -0.39 is 17.6 Å². The number of imidazole rings is 1. The summed E-state index contributed by atoms with van der Waals surface area (Å²) in [5.41, 5.74) is 0.915. The largest absolute Gasteiger partial charge is 0.360 e. The Kier molecular flexibility index (Phi) is 4.32. The quantitative estimate of drug-likeness (QED) is 0.567. The standard InChI is InChI=1S/C19H14FN5O3/c1-11-10-15(24-28-11)22-18(26)16-14-4-2-3-9-25(14)17(23-16)19(27)21-13-7-5-12(20)6-8-13/h2-10H,1H3,(H,21,27)(H,22,24,26). The first-order valence-corrected chi connectivity index (χ1v) is 8.30. The third-order valence-corrected chi connectivity index (χ3v) is 3.94. The molecule has 28 heavy (non-hydrogen) atoms. The van der Waals surface area contributed by atoms with Gasteiger partial charge >= 0.3 is 0 Å². The van der Waals surface area contributed by atoms with E-state index in [1.54, 1.807) is 37.4 Å². The molecule has 0 fully saturated rings. The van der Waals surface area contributed by atoms with Crippen LogP contribution in [-0.4, -0.2) is 26.4 Å². The van der Waals surface area contributed by atoms with Gasteiger partial charge in [0.05, 0.1) is 5.52 Å². The van der Waals surface area contributed by atoms with Gasteiger partial charge in [-0.2, -0.15) is 0 Å². The van der Waals surface area contributed by atoms with Crippen molar-refractivity contribution in [2.24, 2.45) is 0 Å². The van der Waals surface area contributed by atoms with Crippen LogP contribution < -0.4 is 10.6 Å². The van der Waals surface area contributed by atoms with E-state index in [4.69, 9.17) is 4.52 Å². The number of hydrogen-bond donors (Lipinski definition) is 2. The van der Waals surface area contributed by atoms with Crippen LogP contribution in [0.25, 0.3) is 5.52 Å². The molecule has 0 radical (unpaired) electrons. The van der Waals surface area contributed by atoms with Crippen molar-refractivity contribution < 1.29 is 18.5 Å². The van der Waals surface area contributed by atoms with Crippen LogP contribution >= 0.6 is 0 Å². The van der Waals surface area contributed by atoms with E-state index in [2.05, 4.69) is 20.8 Å². The highest BCUT2D eigenvalue weighted by atomic mass is 19.1. The number of amides is 2. The molecular weight excluding hydrogens is 365 g/mol. The van der Waals surface area contributed by atoms with Crippen LogP contribution in [0.15, 0.2) is 59.3 Å². The average Bonchev–Trinajstić information content (AvgIpc) is 3.27. The van der Waals surface area contributed by atoms with Gasteiger partial charge in [-0.3, -0.25) is 14.0 Å². The minimum atomic E-state index is -0.538. The first-order chi connectivity index (χ1) is 13.5. The fraction of sp³-hybridized carbons (Fsp3) is 0.0526. The summed E-state index contributed by atoms with van der Waals surface area (Å²) in [5, 5.41) is 8.94. The third-order valence-electron chi connectivity index (χ3n) is 3.94. The van der Waals surface area contributed by atoms with Crippen LogP contribution in [0.1, 0.15) is 26.9 Å². The number of carbonyl (C=O) groups excluding carboxylic acids is 2. The Morgan fingerprint density at radius 1 is 1.07 bits per heavy atom. The average molecular weight is 379 g/mol. The first-order valence-electron chi connectivity index (χ1n) is 8.30. The van der Waals surface area contributed by atoms with Crippen molar-refractivity contribution in [3.8, 4) is 0 Å². The Hall–Kier alpha value is -4.01. The summed E-state index contributed by atoms with van der Waals surface area (Å²) < 4.78 is 19.5. The molecule has 2 amide bonds. The molecule has 9 heteroatoms. The molecule has 0 bridgehead atoms. The third kappa shape index (κ3) is 3.32. The van der Waals surface area contributed by atoms with E-state index in [1.807, 2.05) is 0 Å². The molecule has 4 rings (SSSR count). The summed E-state index contributed by atoms with van der Waals surface area (Å²) in [5.74, 6) is -0.670. The molecule has 4 aromatic rings. The van der Waals surface area contributed by atoms with Gasteiger partial charge in [-0.1, -0.05) is 11.2 Å². The maximum Gasteiger partial charge on any atom is 0.292 e. The molecule has 0 aliphatic rings. The lowest BCUT2D eigenvalue weighted by atomic mass is 10.3. The highest BCUT2D eigenvalue weighted by Gasteiger charge is 2.22. The number of halogens is 1. The minimum Gasteiger partial charge on any atom is -0.360 e. The lowest BCUT2D eigenvalue weighted by Gasteiger charge is -2.04. The molecule has 0 aliphatic heterocycles. The van der Waals surface area contributed by atoms with E-state index in [0.717, 1.165) is 0 Å². The molecule has 8 nitrogen and oxygen atoms in total. The first kappa shape index (κ1) is 17.4. The number of pyridine rings is 1. The summed E-state index contributed by atoms with van der Waals surface area (Å²) in [7, 11) is 0. The van der Waals surface area contributed by atoms with Gasteiger partial charge in [0, 0.05) is 18.0 Å². The van der Waals surface area contributed by atoms with Crippen LogP contribution in [0, 0.1) is 12.7 Å². The van der Waals surface area contributed by atoms with Gasteiger partial charge in [0.2, 0.25) is 5.82 Å². The van der Waals surface area contributed by atoms with Crippen LogP contribution in [0.4, 0.5) is 15.9 Å². The highest BCUT2D eigenvalue weighted by molar-refractivity contribution is 6.10. The lowest BCUT2D eigenvalue weighted by Crippen LogP contribution is -2.16. The van der Waals surface area contributed by atoms with E-state index in [9.17, 15) is 14.0 Å². The van der Waals surface area contributed by atoms with Gasteiger partial charge in [0.1, 0.15) is 11.6 Å². The molecule has 0 saturated carbocycles. The fourth-order valence-corrected chi connectivity index (χ4v) is 2.69. The maximum absolute atomic E-state index is 13.0. The number of fused-ring (bicyclic) bond motifs is 1. The van der Waals surface area contributed by atoms with Gasteiger partial charge in [-0.25, -0.2) is 9.37 Å². The highest BCUT2D eigenvalue weighted by Crippen LogP contribution is 2.17. The van der Waals surface area contributed by atoms with Crippen molar-refractivity contribution in [3.63, 3.8) is 0 Å². The smallest absolute Gasteiger partial charge is 0.292 e. The molecule has 0 atom stereocenters. The normalized spacial score (nSPS) is 10.8. The Balaban J connectivity index is 1.66. The molecule has 3 aromatic heterocycles. The van der Waals surface area contributed by atoms with Crippen LogP contribution in [-0.2, 0) is 0 Å². The SMILES string of the molecule is Cc1cc(NC(=O)c2nc(C(=O)Nc3ccc(F)cc3)n3ccccc23)no1. The van der Waals surface area contributed by atoms with Gasteiger partial charge in [-0.05, 0) is 43.3 Å². The molecule has 0 aliphatic carbocycles. The van der Waals surface area contributed by atoms with Crippen molar-refractivity contribution in [1.29, 1.82) is 0 Å². The zero-order valence-corrected chi connectivity index (χ0v) is 14.6. The number of benzene rings is 1. The molecule has 3 heterocycles. The minimum absolute atomic E-state index is 0.0152. The van der Waals surface area contributed by atoms with Crippen LogP contribution in [0.2, 0.25) is 0 Å². The number of aromatic nitrogens is 3. The van der Waals surface area contributed by atoms with Crippen molar-refractivity contribution >= 4 is 28.8 Å². The van der Waals surface area contributed by atoms with Crippen molar-refractivity contribution in [2.45, 2.75) is 6.92 Å². The molecule has 1 aromatic carbocycles. The second kappa shape index (κ2) is 6.95. The van der Waals surface area contributed by atoms with Gasteiger partial charge in [0.15, 0.2) is 11.5 Å². The molecule has 0 spiro atoms. The van der Waals surface area contributed by atoms with Gasteiger partial charge < -0.3 is 15.2 Å². The van der Waals surface area contributed by atoms with Gasteiger partial charge in [0.25, 0.3) is 11.8 Å². The second-order valence-corrected chi connectivity index (χ2v) is 5.98. The summed E-state index contributed by atoms with van der Waals surface area (Å²) in [6, 6.07) is 12.0. The van der Waals surface area contributed by atoms with E-state index in [-0.39, 0.29) is 17.3 Å². The monoisotopic (exact) mass is 379 g/mol. The molecule has 0 saturated heterocycles. The number of aryl methyl sites for hydroxylation is 1. The maximum atomic E-state index is 13.0. The van der Waals surface area contributed by atoms with E-state index >= 15 is 0 Å². The Labute approximate surface area is 158 Å². The Morgan fingerprint density at radius 2 is 1.86 bits per heavy atom. The number of rotatable bonds is 4. The molecule has 2 N–H and O–H groups in total. The van der Waals surface area contributed by atoms with Gasteiger partial charge in [-0.15, -0.1) is 0 Å². The number of carbonyl (C=O) groups is 2. The number of anilines is 2. The van der Waals surface area contributed by atoms with Crippen molar-refractivity contribution in [2.75, 3.05) is 10.6 Å². The topological polar surface area (TPSA) is 102 Å². The summed E-state index contributed by atoms with van der Waals surface area (Å²) in [6.45, 7) is 1.70. The Morgan fingerprint density at radius 3 is 2.57 bits per heavy atom. The number of hydrogen-bond acceptors (Lipinski definition) is 5. The van der Waals surface area contributed by atoms with E-state index in [1.165, 1.54) is 28.7 Å². The summed E-state index contributed by atoms with van der Waals surface area (Å²) in [4.78, 5) is 29.5. The Bertz CT molecular complexity index is 1180. The second-order valence-electron chi connectivity index (χ2n) is 5.98. The van der Waals surface area contributed by atoms with E-state index in [0.29, 0.717) is 17.0 Å². The zero-order chi connectivity index (χ0) is 19.7. The number of nitrogens with one attached hydrogen (secondary N) is 2.